The van der Waals surface area contributed by atoms with Crippen molar-refractivity contribution in [2.45, 2.75) is 33.4 Å². The van der Waals surface area contributed by atoms with Crippen LogP contribution in [0.1, 0.15) is 32.9 Å². The number of alkyl halides is 3. The van der Waals surface area contributed by atoms with E-state index < -0.39 is 11.9 Å². The van der Waals surface area contributed by atoms with E-state index in [0.717, 1.165) is 25.6 Å². The van der Waals surface area contributed by atoms with Crippen LogP contribution in [-0.2, 0) is 6.18 Å². The molecule has 0 amide bonds. The Bertz CT molecular complexity index is 480. The van der Waals surface area contributed by atoms with E-state index in [1.54, 1.807) is 0 Å². The molecule has 0 saturated carbocycles. The van der Waals surface area contributed by atoms with Gasteiger partial charge in [-0.2, -0.15) is 18.2 Å². The van der Waals surface area contributed by atoms with E-state index in [4.69, 9.17) is 0 Å². The van der Waals surface area contributed by atoms with Crippen molar-refractivity contribution in [1.82, 2.24) is 9.97 Å². The van der Waals surface area contributed by atoms with Crippen LogP contribution in [0.15, 0.2) is 6.07 Å². The van der Waals surface area contributed by atoms with E-state index >= 15 is 0 Å². The molecule has 7 heteroatoms. The summed E-state index contributed by atoms with van der Waals surface area (Å²) in [6.07, 6.45) is -3.66. The first-order valence-electron chi connectivity index (χ1n) is 7.26. The molecule has 118 valence electrons. The third-order valence-electron chi connectivity index (χ3n) is 3.85. The lowest BCUT2D eigenvalue weighted by molar-refractivity contribution is -0.141. The average molecular weight is 302 g/mol. The number of hydrogen-bond donors (Lipinski definition) is 1. The number of aromatic nitrogens is 2. The van der Waals surface area contributed by atoms with Gasteiger partial charge in [0.1, 0.15) is 5.82 Å². The van der Waals surface area contributed by atoms with Crippen LogP contribution in [0.5, 0.6) is 0 Å². The van der Waals surface area contributed by atoms with Gasteiger partial charge in [0.25, 0.3) is 0 Å². The zero-order valence-electron chi connectivity index (χ0n) is 12.5. The Balaban J connectivity index is 2.31. The monoisotopic (exact) mass is 302 g/mol. The van der Waals surface area contributed by atoms with Crippen molar-refractivity contribution in [3.05, 3.63) is 11.8 Å². The molecule has 1 N–H and O–H groups in total. The van der Waals surface area contributed by atoms with Crippen molar-refractivity contribution in [2.24, 2.45) is 11.8 Å². The zero-order valence-corrected chi connectivity index (χ0v) is 12.5. The third kappa shape index (κ3) is 3.77. The lowest BCUT2D eigenvalue weighted by atomic mass is 10.0. The van der Waals surface area contributed by atoms with Gasteiger partial charge in [0.05, 0.1) is 0 Å². The fourth-order valence-corrected chi connectivity index (χ4v) is 2.37. The highest BCUT2D eigenvalue weighted by molar-refractivity contribution is 5.46. The second-order valence-corrected chi connectivity index (χ2v) is 5.72. The molecule has 1 fully saturated rings. The van der Waals surface area contributed by atoms with Gasteiger partial charge in [0.15, 0.2) is 5.69 Å². The van der Waals surface area contributed by atoms with Crippen LogP contribution in [0.2, 0.25) is 0 Å². The predicted octanol–water partition coefficient (Wildman–Crippen LogP) is 3.41. The molecule has 1 saturated heterocycles. The molecular weight excluding hydrogens is 281 g/mol. The van der Waals surface area contributed by atoms with Crippen LogP contribution in [0.3, 0.4) is 0 Å². The van der Waals surface area contributed by atoms with E-state index in [1.807, 2.05) is 11.8 Å². The van der Waals surface area contributed by atoms with Gasteiger partial charge in [-0.05, 0) is 18.3 Å². The minimum absolute atomic E-state index is 0.0499. The molecule has 4 nitrogen and oxygen atoms in total. The maximum atomic E-state index is 13.0. The highest BCUT2D eigenvalue weighted by atomic mass is 19.4. The van der Waals surface area contributed by atoms with E-state index in [2.05, 4.69) is 29.1 Å². The summed E-state index contributed by atoms with van der Waals surface area (Å²) >= 11 is 0. The first kappa shape index (κ1) is 15.9. The van der Waals surface area contributed by atoms with Gasteiger partial charge in [-0.25, -0.2) is 4.98 Å². The van der Waals surface area contributed by atoms with E-state index in [-0.39, 0.29) is 5.95 Å². The minimum atomic E-state index is -4.46. The summed E-state index contributed by atoms with van der Waals surface area (Å²) in [7, 11) is 0. The van der Waals surface area contributed by atoms with Gasteiger partial charge in [0, 0.05) is 25.7 Å². The fraction of sp³-hybridized carbons (Fsp3) is 0.714. The molecule has 1 aliphatic heterocycles. The first-order valence-corrected chi connectivity index (χ1v) is 7.26. The van der Waals surface area contributed by atoms with Crippen LogP contribution in [0.4, 0.5) is 24.9 Å². The van der Waals surface area contributed by atoms with Crippen LogP contribution in [0.25, 0.3) is 0 Å². The number of hydrogen-bond acceptors (Lipinski definition) is 4. The second kappa shape index (κ2) is 6.07. The minimum Gasteiger partial charge on any atom is -0.356 e. The summed E-state index contributed by atoms with van der Waals surface area (Å²) < 4.78 is 38.9. The number of anilines is 2. The van der Waals surface area contributed by atoms with Crippen LogP contribution >= 0.6 is 0 Å². The maximum absolute atomic E-state index is 13.0. The molecule has 1 aromatic rings. The molecule has 2 rings (SSSR count). The van der Waals surface area contributed by atoms with Crippen molar-refractivity contribution < 1.29 is 13.2 Å². The molecule has 0 bridgehead atoms. The number of nitrogens with one attached hydrogen (secondary N) is 1. The Labute approximate surface area is 122 Å². The largest absolute Gasteiger partial charge is 0.433 e. The molecule has 2 unspecified atom stereocenters. The molecule has 1 aromatic heterocycles. The Morgan fingerprint density at radius 3 is 2.38 bits per heavy atom. The molecule has 0 radical (unpaired) electrons. The van der Waals surface area contributed by atoms with Crippen molar-refractivity contribution in [3.8, 4) is 0 Å². The van der Waals surface area contributed by atoms with Gasteiger partial charge >= 0.3 is 6.18 Å². The molecule has 1 aliphatic rings. The summed E-state index contributed by atoms with van der Waals surface area (Å²) in [6, 6.07) is 1.04. The highest BCUT2D eigenvalue weighted by Crippen LogP contribution is 2.33. The lowest BCUT2D eigenvalue weighted by Gasteiger charge is -2.19. The van der Waals surface area contributed by atoms with Gasteiger partial charge in [-0.1, -0.05) is 20.8 Å². The zero-order chi connectivity index (χ0) is 15.6. The van der Waals surface area contributed by atoms with Crippen LogP contribution in [0, 0.1) is 11.8 Å². The summed E-state index contributed by atoms with van der Waals surface area (Å²) in [6.45, 7) is 8.14. The molecule has 0 aliphatic carbocycles. The molecule has 2 heterocycles. The summed E-state index contributed by atoms with van der Waals surface area (Å²) in [4.78, 5) is 9.72. The van der Waals surface area contributed by atoms with Crippen molar-refractivity contribution >= 4 is 11.8 Å². The summed E-state index contributed by atoms with van der Waals surface area (Å²) in [5.41, 5.74) is -0.890. The van der Waals surface area contributed by atoms with E-state index in [9.17, 15) is 13.2 Å². The SMILES string of the molecule is CCCNc1nc(N2CC(C)C(C)C2)cc(C(F)(F)F)n1. The normalized spacial score (nSPS) is 22.7. The Morgan fingerprint density at radius 1 is 1.24 bits per heavy atom. The lowest BCUT2D eigenvalue weighted by Crippen LogP contribution is -2.23. The number of halogens is 3. The van der Waals surface area contributed by atoms with Crippen molar-refractivity contribution in [1.29, 1.82) is 0 Å². The van der Waals surface area contributed by atoms with Gasteiger partial charge in [0.2, 0.25) is 5.95 Å². The molecule has 0 spiro atoms. The smallest absolute Gasteiger partial charge is 0.356 e. The van der Waals surface area contributed by atoms with Crippen molar-refractivity contribution in [3.63, 3.8) is 0 Å². The quantitative estimate of drug-likeness (QED) is 0.925. The average Bonchev–Trinajstić information content (AvgIpc) is 2.75. The van der Waals surface area contributed by atoms with Gasteiger partial charge < -0.3 is 10.2 Å². The second-order valence-electron chi connectivity index (χ2n) is 5.72. The highest BCUT2D eigenvalue weighted by Gasteiger charge is 2.35. The summed E-state index contributed by atoms with van der Waals surface area (Å²) in [5.74, 6) is 1.30. The predicted molar refractivity (Wildman–Crippen MR) is 76.4 cm³/mol. The topological polar surface area (TPSA) is 41.1 Å². The summed E-state index contributed by atoms with van der Waals surface area (Å²) in [5, 5.41) is 2.84. The third-order valence-corrected chi connectivity index (χ3v) is 3.85. The van der Waals surface area contributed by atoms with E-state index in [0.29, 0.717) is 24.2 Å². The standard InChI is InChI=1S/C14H21F3N4/c1-4-5-18-13-19-11(14(15,16)17)6-12(20-13)21-7-9(2)10(3)8-21/h6,9-10H,4-5,7-8H2,1-3H3,(H,18,19,20). The Hall–Kier alpha value is -1.53. The number of nitrogens with zero attached hydrogens (tertiary/aromatic N) is 3. The van der Waals surface area contributed by atoms with E-state index in [1.165, 1.54) is 0 Å². The first-order chi connectivity index (χ1) is 9.81. The Kier molecular flexibility index (Phi) is 4.58. The van der Waals surface area contributed by atoms with Gasteiger partial charge in [-0.3, -0.25) is 0 Å². The molecular formula is C14H21F3N4. The van der Waals surface area contributed by atoms with Crippen molar-refractivity contribution in [2.75, 3.05) is 29.9 Å². The fourth-order valence-electron chi connectivity index (χ4n) is 2.37. The Morgan fingerprint density at radius 2 is 1.86 bits per heavy atom. The van der Waals surface area contributed by atoms with Gasteiger partial charge in [-0.15, -0.1) is 0 Å². The van der Waals surface area contributed by atoms with Crippen LogP contribution in [-0.4, -0.2) is 29.6 Å². The van der Waals surface area contributed by atoms with Crippen LogP contribution < -0.4 is 10.2 Å². The maximum Gasteiger partial charge on any atom is 0.433 e. The molecule has 0 aromatic carbocycles. The molecule has 2 atom stereocenters. The molecule has 21 heavy (non-hydrogen) atoms. The number of rotatable bonds is 4.